The molecule has 1 aliphatic rings. The van der Waals surface area contributed by atoms with E-state index in [4.69, 9.17) is 4.74 Å². The number of methoxy groups -OCH3 is 1. The number of carbonyl (C=O) groups is 1. The average Bonchev–Trinajstić information content (AvgIpc) is 3.08. The summed E-state index contributed by atoms with van der Waals surface area (Å²) in [6, 6.07) is 6.90. The van der Waals surface area contributed by atoms with Crippen LogP contribution in [0.1, 0.15) is 48.0 Å². The molecule has 3 aromatic rings. The van der Waals surface area contributed by atoms with Crippen molar-refractivity contribution in [3.63, 3.8) is 0 Å². The highest BCUT2D eigenvalue weighted by Gasteiger charge is 2.32. The molecule has 0 N–H and O–H groups in total. The maximum Gasteiger partial charge on any atom is 0.279 e. The van der Waals surface area contributed by atoms with Gasteiger partial charge in [0.1, 0.15) is 12.3 Å². The van der Waals surface area contributed by atoms with E-state index in [1.54, 1.807) is 42.7 Å². The monoisotopic (exact) mass is 411 g/mol. The van der Waals surface area contributed by atoms with Crippen LogP contribution in [0.15, 0.2) is 29.1 Å². The minimum atomic E-state index is -0.224. The van der Waals surface area contributed by atoms with Gasteiger partial charge in [-0.25, -0.2) is 4.68 Å². The van der Waals surface area contributed by atoms with Crippen molar-refractivity contribution in [3.8, 4) is 5.75 Å². The largest absolute Gasteiger partial charge is 0.497 e. The Bertz CT molecular complexity index is 1140. The first-order valence-corrected chi connectivity index (χ1v) is 10.6. The average molecular weight is 412 g/mol. The third kappa shape index (κ3) is 3.71. The Labute approximate surface area is 173 Å². The second kappa shape index (κ2) is 7.37. The van der Waals surface area contributed by atoms with Crippen LogP contribution in [0.4, 0.5) is 0 Å². The number of thiophene rings is 1. The summed E-state index contributed by atoms with van der Waals surface area (Å²) >= 11 is 1.57. The number of benzene rings is 1. The standard InChI is InChI=1S/C22H25N3O3S/c1-22(2,3)14-8-9-16-18(11-14)29-20-19(16)21(27)25(24-23-20)12-17(26)13-6-5-7-15(10-13)28-4/h5-7,10,14H,8-9,11-12H2,1-4H3/t14-/m1/s1. The molecule has 152 valence electrons. The summed E-state index contributed by atoms with van der Waals surface area (Å²) in [7, 11) is 1.55. The van der Waals surface area contributed by atoms with Crippen LogP contribution in [0, 0.1) is 11.3 Å². The predicted octanol–water partition coefficient (Wildman–Crippen LogP) is 3.90. The number of fused-ring (bicyclic) bond motifs is 3. The molecule has 2 aromatic heterocycles. The summed E-state index contributed by atoms with van der Waals surface area (Å²) in [6.07, 6.45) is 2.91. The number of aryl methyl sites for hydroxylation is 1. The first-order valence-electron chi connectivity index (χ1n) is 9.83. The van der Waals surface area contributed by atoms with Crippen molar-refractivity contribution >= 4 is 27.3 Å². The molecule has 0 aliphatic heterocycles. The van der Waals surface area contributed by atoms with Crippen molar-refractivity contribution in [3.05, 3.63) is 50.6 Å². The number of ether oxygens (including phenoxy) is 1. The third-order valence-corrected chi connectivity index (χ3v) is 6.99. The lowest BCUT2D eigenvalue weighted by atomic mass is 9.72. The summed E-state index contributed by atoms with van der Waals surface area (Å²) in [5, 5.41) is 8.95. The van der Waals surface area contributed by atoms with E-state index in [-0.39, 0.29) is 23.3 Å². The number of carbonyl (C=O) groups excluding carboxylic acids is 1. The van der Waals surface area contributed by atoms with Gasteiger partial charge in [-0.2, -0.15) is 0 Å². The van der Waals surface area contributed by atoms with E-state index in [2.05, 4.69) is 31.1 Å². The van der Waals surface area contributed by atoms with Gasteiger partial charge in [0.25, 0.3) is 5.56 Å². The number of aromatic nitrogens is 3. The fourth-order valence-electron chi connectivity index (χ4n) is 3.99. The molecule has 1 aromatic carbocycles. The summed E-state index contributed by atoms with van der Waals surface area (Å²) in [5.41, 5.74) is 1.60. The van der Waals surface area contributed by atoms with Crippen molar-refractivity contribution in [2.45, 2.75) is 46.6 Å². The molecular formula is C22H25N3O3S. The number of hydrogen-bond acceptors (Lipinski definition) is 6. The topological polar surface area (TPSA) is 74.1 Å². The molecule has 7 heteroatoms. The zero-order valence-corrected chi connectivity index (χ0v) is 18.0. The van der Waals surface area contributed by atoms with Gasteiger partial charge in [-0.1, -0.05) is 38.1 Å². The van der Waals surface area contributed by atoms with E-state index in [9.17, 15) is 9.59 Å². The summed E-state index contributed by atoms with van der Waals surface area (Å²) in [6.45, 7) is 6.68. The summed E-state index contributed by atoms with van der Waals surface area (Å²) in [5.74, 6) is 0.995. The number of ketones is 1. The number of Topliss-reactive ketones (excluding diaryl/α,β-unsaturated/α-hetero) is 1. The van der Waals surface area contributed by atoms with E-state index in [0.29, 0.717) is 27.4 Å². The molecule has 0 bridgehead atoms. The van der Waals surface area contributed by atoms with E-state index in [1.807, 2.05) is 0 Å². The van der Waals surface area contributed by atoms with Crippen LogP contribution >= 0.6 is 11.3 Å². The lowest BCUT2D eigenvalue weighted by Crippen LogP contribution is -2.29. The first kappa shape index (κ1) is 19.8. The molecule has 0 spiro atoms. The Morgan fingerprint density at radius 1 is 1.34 bits per heavy atom. The molecule has 1 aliphatic carbocycles. The van der Waals surface area contributed by atoms with Gasteiger partial charge in [-0.15, -0.1) is 16.4 Å². The van der Waals surface area contributed by atoms with E-state index >= 15 is 0 Å². The zero-order valence-electron chi connectivity index (χ0n) is 17.2. The fraction of sp³-hybridized carbons (Fsp3) is 0.455. The van der Waals surface area contributed by atoms with Crippen LogP contribution in [0.3, 0.4) is 0 Å². The maximum atomic E-state index is 13.1. The smallest absolute Gasteiger partial charge is 0.279 e. The van der Waals surface area contributed by atoms with Gasteiger partial charge in [0.05, 0.1) is 12.5 Å². The van der Waals surface area contributed by atoms with Crippen LogP contribution in [-0.2, 0) is 19.4 Å². The minimum Gasteiger partial charge on any atom is -0.497 e. The maximum absolute atomic E-state index is 13.1. The first-order chi connectivity index (χ1) is 13.8. The van der Waals surface area contributed by atoms with Gasteiger partial charge >= 0.3 is 0 Å². The van der Waals surface area contributed by atoms with Crippen molar-refractivity contribution < 1.29 is 9.53 Å². The normalized spacial score (nSPS) is 16.6. The second-order valence-electron chi connectivity index (χ2n) is 8.70. The molecule has 0 amide bonds. The van der Waals surface area contributed by atoms with E-state index in [1.165, 1.54) is 9.56 Å². The number of rotatable bonds is 4. The molecule has 0 radical (unpaired) electrons. The molecule has 29 heavy (non-hydrogen) atoms. The highest BCUT2D eigenvalue weighted by atomic mass is 32.1. The molecule has 0 fully saturated rings. The molecular weight excluding hydrogens is 386 g/mol. The lowest BCUT2D eigenvalue weighted by molar-refractivity contribution is 0.0964. The molecule has 2 heterocycles. The van der Waals surface area contributed by atoms with Crippen molar-refractivity contribution in [1.82, 2.24) is 15.0 Å². The molecule has 0 saturated heterocycles. The molecule has 6 nitrogen and oxygen atoms in total. The van der Waals surface area contributed by atoms with Gasteiger partial charge < -0.3 is 4.74 Å². The zero-order chi connectivity index (χ0) is 20.8. The van der Waals surface area contributed by atoms with E-state index < -0.39 is 0 Å². The van der Waals surface area contributed by atoms with Gasteiger partial charge in [0, 0.05) is 10.4 Å². The van der Waals surface area contributed by atoms with Crippen LogP contribution in [0.5, 0.6) is 5.75 Å². The highest BCUT2D eigenvalue weighted by molar-refractivity contribution is 7.18. The van der Waals surface area contributed by atoms with Gasteiger partial charge in [0.2, 0.25) is 0 Å². The van der Waals surface area contributed by atoms with Crippen molar-refractivity contribution in [2.24, 2.45) is 11.3 Å². The number of hydrogen-bond donors (Lipinski definition) is 0. The molecule has 0 unspecified atom stereocenters. The van der Waals surface area contributed by atoms with Crippen LogP contribution in [-0.4, -0.2) is 27.9 Å². The Kier molecular flexibility index (Phi) is 5.02. The van der Waals surface area contributed by atoms with Crippen molar-refractivity contribution in [1.29, 1.82) is 0 Å². The van der Waals surface area contributed by atoms with Crippen LogP contribution in [0.25, 0.3) is 10.2 Å². The minimum absolute atomic E-state index is 0.135. The highest BCUT2D eigenvalue weighted by Crippen LogP contribution is 2.41. The molecule has 0 saturated carbocycles. The second-order valence-corrected chi connectivity index (χ2v) is 9.78. The Hall–Kier alpha value is -2.54. The van der Waals surface area contributed by atoms with Gasteiger partial charge in [-0.3, -0.25) is 9.59 Å². The SMILES string of the molecule is COc1cccc(C(=O)Cn2nnc3sc4c(c3c2=O)CC[C@@H](C(C)(C)C)C4)c1. The quantitative estimate of drug-likeness (QED) is 0.609. The predicted molar refractivity (Wildman–Crippen MR) is 114 cm³/mol. The summed E-state index contributed by atoms with van der Waals surface area (Å²) in [4.78, 5) is 27.7. The Balaban J connectivity index is 1.67. The van der Waals surface area contributed by atoms with Crippen molar-refractivity contribution in [2.75, 3.05) is 7.11 Å². The van der Waals surface area contributed by atoms with E-state index in [0.717, 1.165) is 24.8 Å². The van der Waals surface area contributed by atoms with Crippen LogP contribution in [0.2, 0.25) is 0 Å². The molecule has 1 atom stereocenters. The van der Waals surface area contributed by atoms with Gasteiger partial charge in [0.15, 0.2) is 10.6 Å². The Morgan fingerprint density at radius 2 is 2.14 bits per heavy atom. The Morgan fingerprint density at radius 3 is 2.86 bits per heavy atom. The lowest BCUT2D eigenvalue weighted by Gasteiger charge is -2.33. The third-order valence-electron chi connectivity index (χ3n) is 5.85. The molecule has 4 rings (SSSR count). The number of nitrogens with zero attached hydrogens (tertiary/aromatic N) is 3. The van der Waals surface area contributed by atoms with Crippen LogP contribution < -0.4 is 10.3 Å². The fourth-order valence-corrected chi connectivity index (χ4v) is 5.23. The summed E-state index contributed by atoms with van der Waals surface area (Å²) < 4.78 is 6.36. The van der Waals surface area contributed by atoms with Gasteiger partial charge in [-0.05, 0) is 48.3 Å².